The Morgan fingerprint density at radius 3 is 2.42 bits per heavy atom. The predicted molar refractivity (Wildman–Crippen MR) is 151 cm³/mol. The second-order valence-electron chi connectivity index (χ2n) is 11.1. The van der Waals surface area contributed by atoms with Crippen molar-refractivity contribution >= 4 is 52.3 Å². The van der Waals surface area contributed by atoms with E-state index in [-0.39, 0.29) is 35.9 Å². The highest BCUT2D eigenvalue weighted by molar-refractivity contribution is 7.59. The second kappa shape index (κ2) is 15.2. The molecule has 26 heteroatoms. The number of ether oxygens (including phenoxy) is 1. The van der Waals surface area contributed by atoms with Crippen LogP contribution in [0.4, 0.5) is 5.82 Å². The molecule has 23 nitrogen and oxygen atoms in total. The number of nitrogens with zero attached hydrogens (tertiary/aromatic N) is 4. The molecule has 3 heterocycles. The van der Waals surface area contributed by atoms with Crippen molar-refractivity contribution in [3.8, 4) is 0 Å². The minimum atomic E-state index is -5.90. The Kier molecular flexibility index (Phi) is 12.7. The van der Waals surface area contributed by atoms with Crippen molar-refractivity contribution < 1.29 is 75.7 Å². The van der Waals surface area contributed by atoms with Crippen molar-refractivity contribution in [2.24, 2.45) is 5.41 Å². The van der Waals surface area contributed by atoms with E-state index in [1.807, 2.05) is 0 Å². The van der Waals surface area contributed by atoms with Crippen LogP contribution in [0.3, 0.4) is 0 Å². The van der Waals surface area contributed by atoms with Crippen molar-refractivity contribution in [1.82, 2.24) is 30.2 Å². The molecule has 1 fully saturated rings. The van der Waals surface area contributed by atoms with Gasteiger partial charge in [0, 0.05) is 24.9 Å². The number of carbonyl (C=O) groups is 2. The largest absolute Gasteiger partial charge is 0.790 e. The summed E-state index contributed by atoms with van der Waals surface area (Å²) in [6.45, 7) is 3.29. The number of anilines is 1. The van der Waals surface area contributed by atoms with Gasteiger partial charge in [0.25, 0.3) is 15.6 Å². The molecule has 0 saturated carbocycles. The highest BCUT2D eigenvalue weighted by atomic mass is 31.3. The molecule has 272 valence electrons. The quantitative estimate of drug-likeness (QED) is 0.0965. The van der Waals surface area contributed by atoms with Crippen LogP contribution in [0.2, 0.25) is 0 Å². The summed E-state index contributed by atoms with van der Waals surface area (Å²) in [5, 5.41) is 26.2. The highest BCUT2D eigenvalue weighted by Crippen LogP contribution is 2.56. The number of nitrogens with one attached hydrogen (secondary N) is 2. The van der Waals surface area contributed by atoms with Crippen LogP contribution in [0.5, 0.6) is 0 Å². The van der Waals surface area contributed by atoms with Crippen LogP contribution in [0, 0.1) is 5.41 Å². The molecule has 0 radical (unpaired) electrons. The van der Waals surface area contributed by atoms with E-state index in [4.69, 9.17) is 10.5 Å². The van der Waals surface area contributed by atoms with Gasteiger partial charge in [-0.2, -0.15) is 0 Å². The number of hydrogen-bond acceptors (Lipinski definition) is 20. The zero-order valence-electron chi connectivity index (χ0n) is 25.8. The van der Waals surface area contributed by atoms with E-state index in [1.165, 1.54) is 20.8 Å². The van der Waals surface area contributed by atoms with Crippen LogP contribution in [0.15, 0.2) is 12.7 Å². The summed E-state index contributed by atoms with van der Waals surface area (Å²) < 4.78 is 60.6. The maximum atomic E-state index is 12.5. The smallest absolute Gasteiger partial charge is 0.274 e. The Bertz CT molecular complexity index is 1620. The molecule has 0 bridgehead atoms. The maximum absolute atomic E-state index is 12.5. The Hall–Kier alpha value is -2.46. The van der Waals surface area contributed by atoms with E-state index in [2.05, 4.69) is 43.5 Å². The van der Waals surface area contributed by atoms with Crippen LogP contribution in [-0.4, -0.2) is 92.3 Å². The number of aliphatic hydroxyl groups is 2. The Morgan fingerprint density at radius 1 is 1.15 bits per heavy atom. The lowest BCUT2D eigenvalue weighted by atomic mass is 9.87. The molecule has 2 aromatic heterocycles. The first-order valence-corrected chi connectivity index (χ1v) is 18.3. The van der Waals surface area contributed by atoms with Crippen LogP contribution in [-0.2, 0) is 51.6 Å². The molecule has 7 unspecified atom stereocenters. The molecule has 0 spiro atoms. The third-order valence-electron chi connectivity index (χ3n) is 6.91. The number of fused-ring (bicyclic) bond motifs is 1. The van der Waals surface area contributed by atoms with Gasteiger partial charge in [-0.15, -0.1) is 0 Å². The van der Waals surface area contributed by atoms with Gasteiger partial charge in [-0.1, -0.05) is 13.8 Å². The molecular weight excluding hydrogens is 711 g/mol. The summed E-state index contributed by atoms with van der Waals surface area (Å²) in [6, 6.07) is 0. The first-order chi connectivity index (χ1) is 22.0. The van der Waals surface area contributed by atoms with Gasteiger partial charge in [-0.3, -0.25) is 23.3 Å². The first-order valence-electron chi connectivity index (χ1n) is 13.9. The Labute approximate surface area is 272 Å². The fourth-order valence-corrected chi connectivity index (χ4v) is 7.15. The predicted octanol–water partition coefficient (Wildman–Crippen LogP) is -3.93. The van der Waals surface area contributed by atoms with E-state index < -0.39 is 78.1 Å². The van der Waals surface area contributed by atoms with Gasteiger partial charge in [0.1, 0.15) is 36.3 Å². The topological polar surface area (TPSA) is 358 Å². The summed E-state index contributed by atoms with van der Waals surface area (Å²) in [5.74, 6) is -1.41. The fraction of sp³-hybridized carbons (Fsp3) is 0.682. The molecular formula is C22H34N7O16P3-4. The summed E-state index contributed by atoms with van der Waals surface area (Å²) in [6.07, 6.45) is -5.87. The SMILES string of the molecule is CCNC(=O)CCNC(=O)C(O)C(C)(C)COP(=O)([O-])OP(=O)([O-])OCC1OC(C)(n2cnc3c(N)ncnc32)C(O)C1OP(=O)([O-])[O-]. The third-order valence-corrected chi connectivity index (χ3v) is 9.92. The number of aromatic nitrogens is 4. The zero-order valence-corrected chi connectivity index (χ0v) is 28.5. The van der Waals surface area contributed by atoms with Crippen LogP contribution < -0.4 is 35.9 Å². The Balaban J connectivity index is 1.66. The van der Waals surface area contributed by atoms with Crippen molar-refractivity contribution in [2.45, 2.75) is 64.3 Å². The number of nitrogens with two attached hydrogens (primary N) is 1. The highest BCUT2D eigenvalue weighted by Gasteiger charge is 2.55. The summed E-state index contributed by atoms with van der Waals surface area (Å²) >= 11 is 0. The standard InChI is InChI=1S/C22H38N7O16P3/c1-5-24-13(30)6-7-25-20(33)17(32)21(2,3)9-42-48(39,40)45-47(37,38)41-8-12-15(44-46(34,35)36)16(31)22(4,43-12)29-11-28-14-18(23)26-10-27-19(14)29/h10-12,15-17,31-32H,5-9H2,1-4H3,(H,24,30)(H,25,33)(H,37,38)(H,39,40)(H2,23,26,27)(H2,34,35,36)/p-4. The average molecular weight is 745 g/mol. The number of phosphoric ester groups is 3. The number of amides is 2. The van der Waals surface area contributed by atoms with Crippen LogP contribution >= 0.6 is 23.5 Å². The average Bonchev–Trinajstić information content (AvgIpc) is 3.50. The first kappa shape index (κ1) is 40.0. The number of imidazole rings is 1. The molecule has 0 aromatic carbocycles. The van der Waals surface area contributed by atoms with Gasteiger partial charge in [-0.05, 0) is 13.8 Å². The van der Waals surface area contributed by atoms with Crippen LogP contribution in [0.25, 0.3) is 11.2 Å². The monoisotopic (exact) mass is 745 g/mol. The molecule has 48 heavy (non-hydrogen) atoms. The van der Waals surface area contributed by atoms with Crippen molar-refractivity contribution in [1.29, 1.82) is 0 Å². The number of nitrogen functional groups attached to an aromatic ring is 1. The molecule has 3 rings (SSSR count). The van der Waals surface area contributed by atoms with Gasteiger partial charge in [0.2, 0.25) is 11.8 Å². The minimum Gasteiger partial charge on any atom is -0.790 e. The lowest BCUT2D eigenvalue weighted by Crippen LogP contribution is -2.46. The molecule has 6 N–H and O–H groups in total. The minimum absolute atomic E-state index is 0.0241. The lowest BCUT2D eigenvalue weighted by Gasteiger charge is -2.36. The molecule has 2 amide bonds. The number of hydrogen-bond donors (Lipinski definition) is 5. The van der Waals surface area contributed by atoms with Crippen molar-refractivity contribution in [3.63, 3.8) is 0 Å². The van der Waals surface area contributed by atoms with Gasteiger partial charge in [-0.25, -0.2) is 19.3 Å². The summed E-state index contributed by atoms with van der Waals surface area (Å²) in [7, 11) is -17.5. The van der Waals surface area contributed by atoms with E-state index in [1.54, 1.807) is 6.92 Å². The Morgan fingerprint density at radius 2 is 1.79 bits per heavy atom. The van der Waals surface area contributed by atoms with Crippen LogP contribution in [0.1, 0.15) is 34.1 Å². The van der Waals surface area contributed by atoms with Gasteiger partial charge in [0.15, 0.2) is 17.2 Å². The van der Waals surface area contributed by atoms with Crippen molar-refractivity contribution in [3.05, 3.63) is 12.7 Å². The summed E-state index contributed by atoms with van der Waals surface area (Å²) in [5.41, 5.74) is 2.09. The lowest BCUT2D eigenvalue weighted by molar-refractivity contribution is -0.347. The van der Waals surface area contributed by atoms with Gasteiger partial charge >= 0.3 is 0 Å². The number of rotatable bonds is 17. The molecule has 1 aliphatic heterocycles. The zero-order chi connectivity index (χ0) is 36.3. The number of phosphoric acid groups is 3. The molecule has 0 aliphatic carbocycles. The van der Waals surface area contributed by atoms with E-state index in [0.29, 0.717) is 6.54 Å². The van der Waals surface area contributed by atoms with Gasteiger partial charge in [0.05, 0.1) is 27.4 Å². The second-order valence-corrected chi connectivity index (χ2v) is 15.2. The molecule has 1 saturated heterocycles. The van der Waals surface area contributed by atoms with Crippen molar-refractivity contribution in [2.75, 3.05) is 32.0 Å². The molecule has 2 aromatic rings. The summed E-state index contributed by atoms with van der Waals surface area (Å²) in [4.78, 5) is 83.3. The fourth-order valence-electron chi connectivity index (χ4n) is 4.43. The van der Waals surface area contributed by atoms with Gasteiger partial charge < -0.3 is 69.0 Å². The molecule has 7 atom stereocenters. The van der Waals surface area contributed by atoms with E-state index in [0.717, 1.165) is 17.2 Å². The van der Waals surface area contributed by atoms with E-state index >= 15 is 0 Å². The normalized spacial score (nSPS) is 24.9. The van der Waals surface area contributed by atoms with E-state index in [9.17, 15) is 53.1 Å². The number of aliphatic hydroxyl groups excluding tert-OH is 2. The molecule has 1 aliphatic rings. The third kappa shape index (κ3) is 10.1. The maximum Gasteiger partial charge on any atom is 0.274 e. The number of carbonyl (C=O) groups excluding carboxylic acids is 2.